The lowest BCUT2D eigenvalue weighted by Crippen LogP contribution is -1.96. The lowest BCUT2D eigenvalue weighted by Gasteiger charge is -2.04. The molecule has 82 valence electrons. The van der Waals surface area contributed by atoms with Crippen molar-refractivity contribution < 1.29 is 4.74 Å². The van der Waals surface area contributed by atoms with Gasteiger partial charge in [-0.15, -0.1) is 0 Å². The molecule has 0 N–H and O–H groups in total. The minimum absolute atomic E-state index is 0.855. The van der Waals surface area contributed by atoms with Gasteiger partial charge in [-0.1, -0.05) is 37.3 Å². The first-order valence-electron chi connectivity index (χ1n) is 5.76. The van der Waals surface area contributed by atoms with Crippen LogP contribution in [0.1, 0.15) is 25.3 Å². The Labute approximate surface area is 95.6 Å². The molecule has 1 aromatic rings. The number of rotatable bonds is 6. The highest BCUT2D eigenvalue weighted by atomic mass is 28.1. The van der Waals surface area contributed by atoms with E-state index in [2.05, 4.69) is 31.2 Å². The molecule has 15 heavy (non-hydrogen) atoms. The van der Waals surface area contributed by atoms with Crippen LogP contribution in [0.25, 0.3) is 6.08 Å². The van der Waals surface area contributed by atoms with Crippen molar-refractivity contribution in [3.63, 3.8) is 0 Å². The molecule has 0 radical (unpaired) electrons. The van der Waals surface area contributed by atoms with Crippen LogP contribution < -0.4 is 4.74 Å². The van der Waals surface area contributed by atoms with Gasteiger partial charge in [0.05, 0.1) is 6.61 Å². The van der Waals surface area contributed by atoms with Crippen LogP contribution in [0.3, 0.4) is 0 Å². The summed E-state index contributed by atoms with van der Waals surface area (Å²) in [6.07, 6.45) is 6.57. The van der Waals surface area contributed by atoms with E-state index in [0.717, 1.165) is 18.8 Å². The van der Waals surface area contributed by atoms with Gasteiger partial charge in [0.15, 0.2) is 0 Å². The second-order valence-electron chi connectivity index (χ2n) is 3.58. The molecule has 1 aromatic carbocycles. The van der Waals surface area contributed by atoms with Crippen LogP contribution >= 0.6 is 0 Å². The van der Waals surface area contributed by atoms with Crippen LogP contribution in [-0.4, -0.2) is 16.8 Å². The molecule has 0 aliphatic carbocycles. The van der Waals surface area contributed by atoms with Crippen molar-refractivity contribution in [2.24, 2.45) is 0 Å². The Kier molecular flexibility index (Phi) is 5.86. The van der Waals surface area contributed by atoms with E-state index >= 15 is 0 Å². The summed E-state index contributed by atoms with van der Waals surface area (Å²) in [5.41, 5.74) is 1.24. The van der Waals surface area contributed by atoms with E-state index in [0.29, 0.717) is 0 Å². The second-order valence-corrected chi connectivity index (χ2v) is 4.58. The average Bonchev–Trinajstić information content (AvgIpc) is 2.28. The van der Waals surface area contributed by atoms with E-state index in [9.17, 15) is 0 Å². The highest BCUT2D eigenvalue weighted by molar-refractivity contribution is 6.08. The summed E-state index contributed by atoms with van der Waals surface area (Å²) >= 11 is 0. The van der Waals surface area contributed by atoms with Crippen molar-refractivity contribution in [3.05, 3.63) is 35.9 Å². The van der Waals surface area contributed by atoms with Crippen molar-refractivity contribution in [1.82, 2.24) is 0 Å². The van der Waals surface area contributed by atoms with Crippen molar-refractivity contribution in [3.8, 4) is 5.75 Å². The van der Waals surface area contributed by atoms with Crippen LogP contribution in [0.15, 0.2) is 30.3 Å². The molecule has 1 nitrogen and oxygen atoms in total. The zero-order chi connectivity index (χ0) is 10.9. The monoisotopic (exact) mass is 220 g/mol. The van der Waals surface area contributed by atoms with Crippen molar-refractivity contribution in [2.45, 2.75) is 25.8 Å². The normalized spacial score (nSPS) is 11.0. The minimum Gasteiger partial charge on any atom is -0.494 e. The van der Waals surface area contributed by atoms with Gasteiger partial charge in [-0.05, 0) is 30.5 Å². The summed E-state index contributed by atoms with van der Waals surface area (Å²) < 4.78 is 5.60. The Morgan fingerprint density at radius 2 is 2.00 bits per heavy atom. The molecular formula is C13H20OSi. The Morgan fingerprint density at radius 1 is 1.27 bits per heavy atom. The van der Waals surface area contributed by atoms with E-state index in [1.54, 1.807) is 0 Å². The van der Waals surface area contributed by atoms with Crippen LogP contribution in [0.2, 0.25) is 6.04 Å². The van der Waals surface area contributed by atoms with Crippen molar-refractivity contribution in [2.75, 3.05) is 6.61 Å². The highest BCUT2D eigenvalue weighted by Crippen LogP contribution is 2.13. The molecule has 0 amide bonds. The summed E-state index contributed by atoms with van der Waals surface area (Å²) in [4.78, 5) is 0. The lowest BCUT2D eigenvalue weighted by molar-refractivity contribution is 0.317. The fourth-order valence-electron chi connectivity index (χ4n) is 1.26. The number of allylic oxidation sites excluding steroid dienone is 1. The van der Waals surface area contributed by atoms with Crippen LogP contribution in [0.4, 0.5) is 0 Å². The molecule has 0 aliphatic heterocycles. The van der Waals surface area contributed by atoms with Gasteiger partial charge < -0.3 is 4.74 Å². The molecule has 0 saturated heterocycles. The van der Waals surface area contributed by atoms with E-state index in [1.807, 2.05) is 12.1 Å². The zero-order valence-electron chi connectivity index (χ0n) is 9.70. The highest BCUT2D eigenvalue weighted by Gasteiger charge is 1.92. The van der Waals surface area contributed by atoms with Crippen LogP contribution in [0.5, 0.6) is 5.75 Å². The first-order valence-corrected chi connectivity index (χ1v) is 7.17. The maximum absolute atomic E-state index is 5.60. The summed E-state index contributed by atoms with van der Waals surface area (Å²) in [5.74, 6) is 0.985. The topological polar surface area (TPSA) is 9.23 Å². The van der Waals surface area contributed by atoms with Crippen molar-refractivity contribution >= 4 is 16.3 Å². The Balaban J connectivity index is 2.45. The molecule has 1 rings (SSSR count). The Bertz CT molecular complexity index is 290. The third kappa shape index (κ3) is 4.84. The molecule has 0 aliphatic rings. The number of ether oxygens (including phenoxy) is 1. The van der Waals surface area contributed by atoms with Gasteiger partial charge >= 0.3 is 0 Å². The third-order valence-electron chi connectivity index (χ3n) is 2.19. The number of hydrogen-bond acceptors (Lipinski definition) is 1. The van der Waals surface area contributed by atoms with E-state index in [-0.39, 0.29) is 0 Å². The maximum Gasteiger partial charge on any atom is 0.119 e. The summed E-state index contributed by atoms with van der Waals surface area (Å²) in [7, 11) is 1.28. The first kappa shape index (κ1) is 12.0. The van der Waals surface area contributed by atoms with Crippen LogP contribution in [0, 0.1) is 0 Å². The SMILES string of the molecule is CC/C=C/c1ccc(OCCC[SiH3])cc1. The quantitative estimate of drug-likeness (QED) is 0.529. The summed E-state index contributed by atoms with van der Waals surface area (Å²) in [6.45, 7) is 3.00. The largest absolute Gasteiger partial charge is 0.494 e. The fourth-order valence-corrected chi connectivity index (χ4v) is 1.55. The van der Waals surface area contributed by atoms with E-state index in [4.69, 9.17) is 4.74 Å². The predicted octanol–water partition coefficient (Wildman–Crippen LogP) is 2.66. The van der Waals surface area contributed by atoms with Gasteiger partial charge in [0.25, 0.3) is 0 Å². The van der Waals surface area contributed by atoms with Gasteiger partial charge in [-0.25, -0.2) is 0 Å². The molecule has 0 atom stereocenters. The molecule has 0 spiro atoms. The molecule has 0 fully saturated rings. The minimum atomic E-state index is 0.855. The average molecular weight is 220 g/mol. The predicted molar refractivity (Wildman–Crippen MR) is 70.6 cm³/mol. The first-order chi connectivity index (χ1) is 7.36. The standard InChI is InChI=1S/C13H20OSi/c1-2-3-5-12-6-8-13(9-7-12)14-10-4-11-15/h3,5-9H,2,4,10-11H2,1,15H3/b5-3+. The zero-order valence-corrected chi connectivity index (χ0v) is 11.7. The van der Waals surface area contributed by atoms with Gasteiger partial charge in [0.2, 0.25) is 0 Å². The van der Waals surface area contributed by atoms with E-state index in [1.165, 1.54) is 28.3 Å². The fraction of sp³-hybridized carbons (Fsp3) is 0.385. The van der Waals surface area contributed by atoms with E-state index < -0.39 is 0 Å². The molecular weight excluding hydrogens is 200 g/mol. The maximum atomic E-state index is 5.60. The van der Waals surface area contributed by atoms with Gasteiger partial charge in [-0.2, -0.15) is 0 Å². The third-order valence-corrected chi connectivity index (χ3v) is 2.90. The molecule has 0 heterocycles. The molecule has 0 aromatic heterocycles. The molecule has 0 unspecified atom stereocenters. The van der Waals surface area contributed by atoms with Gasteiger partial charge in [0, 0.05) is 10.2 Å². The smallest absolute Gasteiger partial charge is 0.119 e. The molecule has 2 heteroatoms. The Hall–Kier alpha value is -1.02. The lowest BCUT2D eigenvalue weighted by atomic mass is 10.2. The number of hydrogen-bond donors (Lipinski definition) is 0. The second kappa shape index (κ2) is 7.29. The van der Waals surface area contributed by atoms with Crippen molar-refractivity contribution in [1.29, 1.82) is 0 Å². The Morgan fingerprint density at radius 3 is 2.60 bits per heavy atom. The van der Waals surface area contributed by atoms with Gasteiger partial charge in [-0.3, -0.25) is 0 Å². The molecule has 0 saturated carbocycles. The summed E-state index contributed by atoms with van der Waals surface area (Å²) in [5, 5.41) is 0. The summed E-state index contributed by atoms with van der Waals surface area (Å²) in [6, 6.07) is 9.60. The van der Waals surface area contributed by atoms with Crippen LogP contribution in [-0.2, 0) is 0 Å². The number of benzene rings is 1. The van der Waals surface area contributed by atoms with Gasteiger partial charge in [0.1, 0.15) is 5.75 Å². The molecule has 0 bridgehead atoms.